The second-order valence-corrected chi connectivity index (χ2v) is 8.63. The molecule has 0 spiro atoms. The van der Waals surface area contributed by atoms with Gasteiger partial charge in [-0.15, -0.1) is 0 Å². The number of nitrogen functional groups attached to an aromatic ring is 1. The van der Waals surface area contributed by atoms with Gasteiger partial charge in [0.1, 0.15) is 0 Å². The van der Waals surface area contributed by atoms with E-state index in [-0.39, 0.29) is 4.90 Å². The topological polar surface area (TPSA) is 78.0 Å². The summed E-state index contributed by atoms with van der Waals surface area (Å²) >= 11 is 0. The molecule has 0 bridgehead atoms. The summed E-state index contributed by atoms with van der Waals surface area (Å²) < 4.78 is 27.8. The summed E-state index contributed by atoms with van der Waals surface area (Å²) in [5.74, 6) is 0. The van der Waals surface area contributed by atoms with Crippen LogP contribution >= 0.6 is 0 Å². The molecule has 6 heteroatoms. The van der Waals surface area contributed by atoms with Gasteiger partial charge in [0.25, 0.3) is 10.0 Å². The van der Waals surface area contributed by atoms with E-state index >= 15 is 0 Å². The molecule has 2 heterocycles. The summed E-state index contributed by atoms with van der Waals surface area (Å²) in [5, 5.41) is 2.73. The van der Waals surface area contributed by atoms with Gasteiger partial charge in [0, 0.05) is 34.4 Å². The van der Waals surface area contributed by atoms with Gasteiger partial charge in [-0.1, -0.05) is 42.5 Å². The lowest BCUT2D eigenvalue weighted by Gasteiger charge is -2.06. The third-order valence-electron chi connectivity index (χ3n) is 5.06. The number of hydrogen-bond donors (Lipinski definition) is 1. The SMILES string of the molecule is Nc1cccc2ccc(-c3cn(S(=O)(=O)c4ccccc4)c4ncccc34)cc12. The number of aromatic nitrogens is 2. The molecule has 0 saturated carbocycles. The molecular weight excluding hydrogens is 382 g/mol. The summed E-state index contributed by atoms with van der Waals surface area (Å²) in [6.07, 6.45) is 3.24. The largest absolute Gasteiger partial charge is 0.398 e. The number of fused-ring (bicyclic) bond motifs is 2. The number of anilines is 1. The minimum absolute atomic E-state index is 0.219. The van der Waals surface area contributed by atoms with Crippen LogP contribution in [0.3, 0.4) is 0 Å². The maximum absolute atomic E-state index is 13.3. The van der Waals surface area contributed by atoms with Crippen LogP contribution in [0.5, 0.6) is 0 Å². The molecule has 0 unspecified atom stereocenters. The molecule has 5 nitrogen and oxygen atoms in total. The van der Waals surface area contributed by atoms with Crippen LogP contribution in [0.2, 0.25) is 0 Å². The molecule has 0 saturated heterocycles. The van der Waals surface area contributed by atoms with Crippen LogP contribution in [0.1, 0.15) is 0 Å². The van der Waals surface area contributed by atoms with Crippen LogP contribution in [0.15, 0.2) is 96.2 Å². The molecule has 2 aromatic heterocycles. The van der Waals surface area contributed by atoms with E-state index < -0.39 is 10.0 Å². The Morgan fingerprint density at radius 3 is 2.48 bits per heavy atom. The molecule has 0 aliphatic rings. The van der Waals surface area contributed by atoms with Crippen molar-refractivity contribution in [2.24, 2.45) is 0 Å². The predicted molar refractivity (Wildman–Crippen MR) is 116 cm³/mol. The fraction of sp³-hybridized carbons (Fsp3) is 0. The van der Waals surface area contributed by atoms with Crippen molar-refractivity contribution in [3.8, 4) is 11.1 Å². The van der Waals surface area contributed by atoms with Crippen molar-refractivity contribution in [3.63, 3.8) is 0 Å². The van der Waals surface area contributed by atoms with Gasteiger partial charge in [-0.05, 0) is 47.3 Å². The van der Waals surface area contributed by atoms with Crippen LogP contribution in [0.25, 0.3) is 32.9 Å². The van der Waals surface area contributed by atoms with Gasteiger partial charge in [0.15, 0.2) is 5.65 Å². The zero-order valence-electron chi connectivity index (χ0n) is 15.4. The number of pyridine rings is 1. The summed E-state index contributed by atoms with van der Waals surface area (Å²) in [6.45, 7) is 0. The van der Waals surface area contributed by atoms with E-state index in [4.69, 9.17) is 5.73 Å². The highest BCUT2D eigenvalue weighted by atomic mass is 32.2. The lowest BCUT2D eigenvalue weighted by Crippen LogP contribution is -2.12. The van der Waals surface area contributed by atoms with Gasteiger partial charge in [0.2, 0.25) is 0 Å². The van der Waals surface area contributed by atoms with Crippen LogP contribution in [0, 0.1) is 0 Å². The van der Waals surface area contributed by atoms with Crippen molar-refractivity contribution in [2.75, 3.05) is 5.73 Å². The maximum atomic E-state index is 13.3. The monoisotopic (exact) mass is 399 g/mol. The fourth-order valence-corrected chi connectivity index (χ4v) is 4.96. The van der Waals surface area contributed by atoms with Gasteiger partial charge in [-0.3, -0.25) is 0 Å². The maximum Gasteiger partial charge on any atom is 0.269 e. The molecule has 3 aromatic carbocycles. The Bertz CT molecular complexity index is 1470. The predicted octanol–water partition coefficient (Wildman–Crippen LogP) is 4.68. The molecule has 5 rings (SSSR count). The Hall–Kier alpha value is -3.64. The van der Waals surface area contributed by atoms with E-state index in [1.807, 2.05) is 42.5 Å². The minimum atomic E-state index is -3.77. The van der Waals surface area contributed by atoms with E-state index in [2.05, 4.69) is 4.98 Å². The average Bonchev–Trinajstić information content (AvgIpc) is 3.15. The smallest absolute Gasteiger partial charge is 0.269 e. The Labute approximate surface area is 168 Å². The van der Waals surface area contributed by atoms with E-state index in [1.165, 1.54) is 3.97 Å². The van der Waals surface area contributed by atoms with Gasteiger partial charge in [-0.25, -0.2) is 17.4 Å². The second kappa shape index (κ2) is 6.46. The number of benzene rings is 3. The normalized spacial score (nSPS) is 11.9. The highest BCUT2D eigenvalue weighted by molar-refractivity contribution is 7.90. The highest BCUT2D eigenvalue weighted by Crippen LogP contribution is 2.34. The molecule has 0 radical (unpaired) electrons. The standard InChI is InChI=1S/C23H17N3O2S/c24-22-10-4-6-16-11-12-17(14-20(16)22)21-15-26(23-19(21)9-5-13-25-23)29(27,28)18-7-2-1-3-8-18/h1-15H,24H2. The van der Waals surface area contributed by atoms with E-state index in [1.54, 1.807) is 48.8 Å². The molecule has 0 aliphatic carbocycles. The number of rotatable bonds is 3. The minimum Gasteiger partial charge on any atom is -0.398 e. The summed E-state index contributed by atoms with van der Waals surface area (Å²) in [5.41, 5.74) is 8.91. The van der Waals surface area contributed by atoms with Crippen LogP contribution in [0.4, 0.5) is 5.69 Å². The van der Waals surface area contributed by atoms with E-state index in [0.29, 0.717) is 11.3 Å². The van der Waals surface area contributed by atoms with Crippen molar-refractivity contribution < 1.29 is 8.42 Å². The van der Waals surface area contributed by atoms with Gasteiger partial charge >= 0.3 is 0 Å². The molecule has 0 atom stereocenters. The van der Waals surface area contributed by atoms with Crippen LogP contribution in [-0.4, -0.2) is 17.4 Å². The van der Waals surface area contributed by atoms with Gasteiger partial charge < -0.3 is 5.73 Å². The van der Waals surface area contributed by atoms with Crippen molar-refractivity contribution >= 4 is 37.5 Å². The van der Waals surface area contributed by atoms with Gasteiger partial charge in [0.05, 0.1) is 4.90 Å². The average molecular weight is 399 g/mol. The Balaban J connectivity index is 1.78. The zero-order valence-corrected chi connectivity index (χ0v) is 16.2. The third-order valence-corrected chi connectivity index (χ3v) is 6.72. The second-order valence-electron chi connectivity index (χ2n) is 6.81. The molecule has 0 fully saturated rings. The summed E-state index contributed by atoms with van der Waals surface area (Å²) in [7, 11) is -3.77. The van der Waals surface area contributed by atoms with Crippen molar-refractivity contribution in [2.45, 2.75) is 4.90 Å². The van der Waals surface area contributed by atoms with Crippen LogP contribution in [-0.2, 0) is 10.0 Å². The Morgan fingerprint density at radius 1 is 0.828 bits per heavy atom. The number of nitrogens with zero attached hydrogens (tertiary/aromatic N) is 2. The van der Waals surface area contributed by atoms with Crippen molar-refractivity contribution in [1.29, 1.82) is 0 Å². The first-order valence-electron chi connectivity index (χ1n) is 9.11. The quantitative estimate of drug-likeness (QED) is 0.447. The molecular formula is C23H17N3O2S. The third kappa shape index (κ3) is 2.77. The summed E-state index contributed by atoms with van der Waals surface area (Å²) in [6, 6.07) is 23.8. The van der Waals surface area contributed by atoms with Crippen molar-refractivity contribution in [3.05, 3.63) is 91.3 Å². The fourth-order valence-electron chi connectivity index (χ4n) is 3.61. The van der Waals surface area contributed by atoms with Gasteiger partial charge in [-0.2, -0.15) is 0 Å². The lowest BCUT2D eigenvalue weighted by atomic mass is 10.0. The van der Waals surface area contributed by atoms with Crippen LogP contribution < -0.4 is 5.73 Å². The molecule has 142 valence electrons. The highest BCUT2D eigenvalue weighted by Gasteiger charge is 2.22. The molecule has 0 aliphatic heterocycles. The number of hydrogen-bond acceptors (Lipinski definition) is 4. The number of nitrogens with two attached hydrogens (primary N) is 1. The van der Waals surface area contributed by atoms with E-state index in [9.17, 15) is 8.42 Å². The first-order valence-corrected chi connectivity index (χ1v) is 10.5. The Kier molecular flexibility index (Phi) is 3.89. The Morgan fingerprint density at radius 2 is 1.66 bits per heavy atom. The molecule has 29 heavy (non-hydrogen) atoms. The molecule has 5 aromatic rings. The molecule has 2 N–H and O–H groups in total. The van der Waals surface area contributed by atoms with Crippen molar-refractivity contribution in [1.82, 2.24) is 8.96 Å². The lowest BCUT2D eigenvalue weighted by molar-refractivity contribution is 0.589. The van der Waals surface area contributed by atoms with E-state index in [0.717, 1.165) is 27.3 Å². The first kappa shape index (κ1) is 17.5. The first-order chi connectivity index (χ1) is 14.1. The summed E-state index contributed by atoms with van der Waals surface area (Å²) in [4.78, 5) is 4.58. The zero-order chi connectivity index (χ0) is 20.0. The molecule has 0 amide bonds.